The Morgan fingerprint density at radius 3 is 3.07 bits per heavy atom. The second-order valence-electron chi connectivity index (χ2n) is 3.63. The number of rotatable bonds is 3. The Labute approximate surface area is 83.5 Å². The molecule has 0 aromatic carbocycles. The maximum atomic E-state index is 5.38. The highest BCUT2D eigenvalue weighted by atomic mass is 16.5. The van der Waals surface area contributed by atoms with E-state index in [9.17, 15) is 0 Å². The van der Waals surface area contributed by atoms with Gasteiger partial charge in [-0.25, -0.2) is 4.98 Å². The zero-order chi connectivity index (χ0) is 9.97. The zero-order valence-electron chi connectivity index (χ0n) is 8.60. The van der Waals surface area contributed by atoms with E-state index in [0.717, 1.165) is 25.5 Å². The largest absolute Gasteiger partial charge is 0.381 e. The maximum absolute atomic E-state index is 5.38. The highest BCUT2D eigenvalue weighted by Gasteiger charge is 2.28. The molecule has 5 heteroatoms. The topological polar surface area (TPSA) is 52.0 Å². The van der Waals surface area contributed by atoms with Crippen LogP contribution in [-0.4, -0.2) is 35.0 Å². The number of hydrogen-bond acceptors (Lipinski definition) is 4. The summed E-state index contributed by atoms with van der Waals surface area (Å²) in [5.41, 5.74) is 0. The van der Waals surface area contributed by atoms with Gasteiger partial charge in [0.25, 0.3) is 0 Å². The van der Waals surface area contributed by atoms with E-state index in [4.69, 9.17) is 4.74 Å². The molecule has 0 amide bonds. The Bertz CT molecular complexity index is 293. The summed E-state index contributed by atoms with van der Waals surface area (Å²) in [4.78, 5) is 4.27. The van der Waals surface area contributed by atoms with Gasteiger partial charge in [0.1, 0.15) is 12.2 Å². The predicted octanol–water partition coefficient (Wildman–Crippen LogP) is 0.112. The lowest BCUT2D eigenvalue weighted by atomic mass is 9.98. The number of aromatic nitrogens is 3. The molecule has 0 saturated carbocycles. The van der Waals surface area contributed by atoms with Gasteiger partial charge >= 0.3 is 0 Å². The first-order valence-electron chi connectivity index (χ1n) is 4.92. The Balaban J connectivity index is 2.16. The molecule has 1 aromatic rings. The minimum atomic E-state index is 0.255. The molecule has 5 nitrogen and oxygen atoms in total. The molecule has 1 aromatic heterocycles. The fourth-order valence-corrected chi connectivity index (χ4v) is 1.98. The van der Waals surface area contributed by atoms with Crippen molar-refractivity contribution in [2.75, 3.05) is 20.3 Å². The van der Waals surface area contributed by atoms with Crippen molar-refractivity contribution in [2.24, 2.45) is 13.0 Å². The van der Waals surface area contributed by atoms with E-state index in [-0.39, 0.29) is 6.04 Å². The van der Waals surface area contributed by atoms with Gasteiger partial charge in [-0.1, -0.05) is 0 Å². The van der Waals surface area contributed by atoms with E-state index >= 15 is 0 Å². The molecule has 0 radical (unpaired) electrons. The van der Waals surface area contributed by atoms with Crippen LogP contribution in [-0.2, 0) is 11.8 Å². The zero-order valence-corrected chi connectivity index (χ0v) is 8.60. The monoisotopic (exact) mass is 196 g/mol. The molecular weight excluding hydrogens is 180 g/mol. The van der Waals surface area contributed by atoms with E-state index < -0.39 is 0 Å². The van der Waals surface area contributed by atoms with E-state index in [1.807, 2.05) is 18.8 Å². The first-order chi connectivity index (χ1) is 6.83. The van der Waals surface area contributed by atoms with Crippen molar-refractivity contribution in [3.05, 3.63) is 12.2 Å². The smallest absolute Gasteiger partial charge is 0.144 e. The van der Waals surface area contributed by atoms with Crippen LogP contribution in [0.1, 0.15) is 18.3 Å². The van der Waals surface area contributed by atoms with Crippen LogP contribution in [0.25, 0.3) is 0 Å². The summed E-state index contributed by atoms with van der Waals surface area (Å²) in [6, 6.07) is 0.255. The summed E-state index contributed by atoms with van der Waals surface area (Å²) >= 11 is 0. The second kappa shape index (κ2) is 4.06. The van der Waals surface area contributed by atoms with Crippen LogP contribution in [0, 0.1) is 5.92 Å². The van der Waals surface area contributed by atoms with Gasteiger partial charge in [0.2, 0.25) is 0 Å². The number of ether oxygens (including phenoxy) is 1. The Morgan fingerprint density at radius 2 is 2.57 bits per heavy atom. The third-order valence-electron chi connectivity index (χ3n) is 2.77. The van der Waals surface area contributed by atoms with Gasteiger partial charge in [0, 0.05) is 19.6 Å². The minimum Gasteiger partial charge on any atom is -0.381 e. The van der Waals surface area contributed by atoms with Gasteiger partial charge in [-0.2, -0.15) is 5.10 Å². The molecule has 2 unspecified atom stereocenters. The lowest BCUT2D eigenvalue weighted by molar-refractivity contribution is 0.176. The van der Waals surface area contributed by atoms with Crippen molar-refractivity contribution in [3.63, 3.8) is 0 Å². The van der Waals surface area contributed by atoms with Crippen molar-refractivity contribution in [2.45, 2.75) is 12.5 Å². The SMILES string of the molecule is CNC(c1ncnn1C)C1CCOC1. The fourth-order valence-electron chi connectivity index (χ4n) is 1.98. The van der Waals surface area contributed by atoms with Crippen molar-refractivity contribution < 1.29 is 4.74 Å². The third kappa shape index (κ3) is 1.65. The molecule has 1 fully saturated rings. The van der Waals surface area contributed by atoms with Gasteiger partial charge in [0.05, 0.1) is 12.6 Å². The molecular formula is C9H16N4O. The van der Waals surface area contributed by atoms with Crippen molar-refractivity contribution in [1.29, 1.82) is 0 Å². The van der Waals surface area contributed by atoms with Crippen LogP contribution >= 0.6 is 0 Å². The standard InChI is InChI=1S/C9H16N4O/c1-10-8(7-3-4-14-5-7)9-11-6-12-13(9)2/h6-8,10H,3-5H2,1-2H3. The fraction of sp³-hybridized carbons (Fsp3) is 0.778. The summed E-state index contributed by atoms with van der Waals surface area (Å²) in [5, 5.41) is 7.37. The number of nitrogens with zero attached hydrogens (tertiary/aromatic N) is 3. The minimum absolute atomic E-state index is 0.255. The molecule has 2 rings (SSSR count). The van der Waals surface area contributed by atoms with E-state index in [2.05, 4.69) is 15.4 Å². The quantitative estimate of drug-likeness (QED) is 0.745. The average Bonchev–Trinajstić information content (AvgIpc) is 2.80. The predicted molar refractivity (Wildman–Crippen MR) is 51.7 cm³/mol. The van der Waals surface area contributed by atoms with Crippen LogP contribution in [0.3, 0.4) is 0 Å². The molecule has 14 heavy (non-hydrogen) atoms. The first kappa shape index (κ1) is 9.61. The van der Waals surface area contributed by atoms with Gasteiger partial charge in [-0.05, 0) is 13.5 Å². The normalized spacial score (nSPS) is 24.0. The van der Waals surface area contributed by atoms with Crippen molar-refractivity contribution in [1.82, 2.24) is 20.1 Å². The van der Waals surface area contributed by atoms with Crippen LogP contribution in [0.4, 0.5) is 0 Å². The number of nitrogens with one attached hydrogen (secondary N) is 1. The van der Waals surface area contributed by atoms with Crippen molar-refractivity contribution >= 4 is 0 Å². The van der Waals surface area contributed by atoms with Crippen molar-refractivity contribution in [3.8, 4) is 0 Å². The highest BCUT2D eigenvalue weighted by Crippen LogP contribution is 2.26. The number of aryl methyl sites for hydroxylation is 1. The van der Waals surface area contributed by atoms with Crippen LogP contribution < -0.4 is 5.32 Å². The Kier molecular flexibility index (Phi) is 2.79. The molecule has 1 saturated heterocycles. The average molecular weight is 196 g/mol. The summed E-state index contributed by atoms with van der Waals surface area (Å²) in [7, 11) is 3.88. The summed E-state index contributed by atoms with van der Waals surface area (Å²) in [5.74, 6) is 1.51. The lowest BCUT2D eigenvalue weighted by Crippen LogP contribution is -2.28. The molecule has 0 aliphatic carbocycles. The van der Waals surface area contributed by atoms with E-state index in [1.54, 1.807) is 6.33 Å². The molecule has 0 bridgehead atoms. The van der Waals surface area contributed by atoms with Crippen LogP contribution in [0.15, 0.2) is 6.33 Å². The lowest BCUT2D eigenvalue weighted by Gasteiger charge is -2.20. The molecule has 1 N–H and O–H groups in total. The van der Waals surface area contributed by atoms with Gasteiger partial charge in [0.15, 0.2) is 0 Å². The maximum Gasteiger partial charge on any atom is 0.144 e. The van der Waals surface area contributed by atoms with Gasteiger partial charge in [-0.3, -0.25) is 4.68 Å². The van der Waals surface area contributed by atoms with E-state index in [1.165, 1.54) is 0 Å². The highest BCUT2D eigenvalue weighted by molar-refractivity contribution is 4.97. The second-order valence-corrected chi connectivity index (χ2v) is 3.63. The Hall–Kier alpha value is -0.940. The molecule has 0 spiro atoms. The molecule has 78 valence electrons. The summed E-state index contributed by atoms with van der Waals surface area (Å²) in [6.45, 7) is 1.68. The summed E-state index contributed by atoms with van der Waals surface area (Å²) < 4.78 is 7.20. The first-order valence-corrected chi connectivity index (χ1v) is 4.92. The Morgan fingerprint density at radius 1 is 1.71 bits per heavy atom. The molecule has 2 atom stereocenters. The van der Waals surface area contributed by atoms with Gasteiger partial charge in [-0.15, -0.1) is 0 Å². The van der Waals surface area contributed by atoms with Crippen LogP contribution in [0.2, 0.25) is 0 Å². The molecule has 1 aliphatic rings. The molecule has 2 heterocycles. The number of hydrogen-bond donors (Lipinski definition) is 1. The van der Waals surface area contributed by atoms with E-state index in [0.29, 0.717) is 5.92 Å². The third-order valence-corrected chi connectivity index (χ3v) is 2.77. The van der Waals surface area contributed by atoms with Gasteiger partial charge < -0.3 is 10.1 Å². The van der Waals surface area contributed by atoms with Crippen LogP contribution in [0.5, 0.6) is 0 Å². The summed E-state index contributed by atoms with van der Waals surface area (Å²) in [6.07, 6.45) is 2.69. The molecule has 1 aliphatic heterocycles.